The number of carbonyl (C=O) groups excluding carboxylic acids is 1. The molecule has 1 saturated heterocycles. The largest absolute Gasteiger partial charge is 0.336 e. The van der Waals surface area contributed by atoms with Crippen LogP contribution in [0.4, 0.5) is 0 Å². The summed E-state index contributed by atoms with van der Waals surface area (Å²) in [5.74, 6) is 1.27. The van der Waals surface area contributed by atoms with Gasteiger partial charge in [-0.25, -0.2) is 4.68 Å². The summed E-state index contributed by atoms with van der Waals surface area (Å²) >= 11 is 0. The van der Waals surface area contributed by atoms with Crippen molar-refractivity contribution in [3.05, 3.63) is 46.9 Å². The summed E-state index contributed by atoms with van der Waals surface area (Å²) in [7, 11) is 0. The molecule has 1 aromatic carbocycles. The number of hydrogen-bond donors (Lipinski definition) is 0. The lowest BCUT2D eigenvalue weighted by Gasteiger charge is -2.17. The van der Waals surface area contributed by atoms with Gasteiger partial charge in [0.05, 0.1) is 12.2 Å². The van der Waals surface area contributed by atoms with Crippen molar-refractivity contribution in [1.82, 2.24) is 30.0 Å². The molecule has 0 N–H and O–H groups in total. The van der Waals surface area contributed by atoms with E-state index in [-0.39, 0.29) is 17.9 Å². The summed E-state index contributed by atoms with van der Waals surface area (Å²) in [6, 6.07) is 5.94. The molecule has 3 heterocycles. The van der Waals surface area contributed by atoms with Crippen LogP contribution >= 0.6 is 0 Å². The summed E-state index contributed by atoms with van der Waals surface area (Å²) in [5.41, 5.74) is 3.60. The Morgan fingerprint density at radius 3 is 2.79 bits per heavy atom. The molecule has 8 heteroatoms. The van der Waals surface area contributed by atoms with Gasteiger partial charge < -0.3 is 9.42 Å². The van der Waals surface area contributed by atoms with E-state index < -0.39 is 0 Å². The third-order valence-corrected chi connectivity index (χ3v) is 5.27. The molecular formula is C20H24N6O2. The molecule has 1 fully saturated rings. The highest BCUT2D eigenvalue weighted by Gasteiger charge is 2.29. The Hall–Kier alpha value is -3.03. The lowest BCUT2D eigenvalue weighted by Crippen LogP contribution is -2.29. The minimum absolute atomic E-state index is 0.0596. The molecule has 1 amide bonds. The quantitative estimate of drug-likeness (QED) is 0.691. The molecule has 0 aliphatic carbocycles. The monoisotopic (exact) mass is 380 g/mol. The molecule has 0 saturated carbocycles. The summed E-state index contributed by atoms with van der Waals surface area (Å²) in [6.07, 6.45) is 2.65. The van der Waals surface area contributed by atoms with Crippen LogP contribution in [0.25, 0.3) is 11.6 Å². The van der Waals surface area contributed by atoms with E-state index in [9.17, 15) is 4.79 Å². The van der Waals surface area contributed by atoms with Crippen LogP contribution in [0.15, 0.2) is 28.9 Å². The number of aryl methyl sites for hydroxylation is 2. The first kappa shape index (κ1) is 18.3. The standard InChI is InChI=1S/C20H24N6O2/c1-12(2)18-21-19(28-23-18)17-11-26(24-22-17)16-7-8-25(10-16)20(27)15-6-5-13(3)14(4)9-15/h5-6,9,11-12,16H,7-8,10H2,1-4H3/t16-/m0/s1. The van der Waals surface area contributed by atoms with Crippen LogP contribution in [0.3, 0.4) is 0 Å². The van der Waals surface area contributed by atoms with Gasteiger partial charge in [-0.05, 0) is 43.5 Å². The Kier molecular flexibility index (Phi) is 4.70. The molecule has 28 heavy (non-hydrogen) atoms. The van der Waals surface area contributed by atoms with E-state index in [0.29, 0.717) is 30.5 Å². The molecular weight excluding hydrogens is 356 g/mol. The minimum Gasteiger partial charge on any atom is -0.336 e. The molecule has 146 valence electrons. The van der Waals surface area contributed by atoms with Crippen LogP contribution in [0.5, 0.6) is 0 Å². The summed E-state index contributed by atoms with van der Waals surface area (Å²) in [4.78, 5) is 19.1. The first-order valence-corrected chi connectivity index (χ1v) is 9.54. The van der Waals surface area contributed by atoms with E-state index in [0.717, 1.165) is 17.5 Å². The topological polar surface area (TPSA) is 89.9 Å². The van der Waals surface area contributed by atoms with Gasteiger partial charge in [0, 0.05) is 24.6 Å². The molecule has 0 spiro atoms. The minimum atomic E-state index is 0.0596. The van der Waals surface area contributed by atoms with Crippen molar-refractivity contribution >= 4 is 5.91 Å². The van der Waals surface area contributed by atoms with Crippen LogP contribution in [0, 0.1) is 13.8 Å². The fourth-order valence-corrected chi connectivity index (χ4v) is 3.33. The van der Waals surface area contributed by atoms with E-state index in [1.54, 1.807) is 4.68 Å². The van der Waals surface area contributed by atoms with Crippen molar-refractivity contribution in [3.8, 4) is 11.6 Å². The van der Waals surface area contributed by atoms with Gasteiger partial charge in [-0.3, -0.25) is 4.79 Å². The fourth-order valence-electron chi connectivity index (χ4n) is 3.33. The van der Waals surface area contributed by atoms with Gasteiger partial charge in [-0.2, -0.15) is 4.98 Å². The Morgan fingerprint density at radius 2 is 2.07 bits per heavy atom. The predicted molar refractivity (Wildman–Crippen MR) is 103 cm³/mol. The third-order valence-electron chi connectivity index (χ3n) is 5.27. The molecule has 4 rings (SSSR count). The average molecular weight is 380 g/mol. The SMILES string of the molecule is Cc1ccc(C(=O)N2CC[C@H](n3cc(-c4nc(C(C)C)no4)nn3)C2)cc1C. The molecule has 3 aromatic rings. The summed E-state index contributed by atoms with van der Waals surface area (Å²) in [5, 5.41) is 12.4. The maximum atomic E-state index is 12.8. The second-order valence-electron chi connectivity index (χ2n) is 7.69. The smallest absolute Gasteiger partial charge is 0.280 e. The van der Waals surface area contributed by atoms with Gasteiger partial charge >= 0.3 is 0 Å². The maximum absolute atomic E-state index is 12.8. The van der Waals surface area contributed by atoms with Crippen molar-refractivity contribution < 1.29 is 9.32 Å². The highest BCUT2D eigenvalue weighted by atomic mass is 16.5. The van der Waals surface area contributed by atoms with E-state index in [4.69, 9.17) is 4.52 Å². The highest BCUT2D eigenvalue weighted by molar-refractivity contribution is 5.94. The third kappa shape index (κ3) is 3.42. The average Bonchev–Trinajstić information content (AvgIpc) is 3.42. The van der Waals surface area contributed by atoms with E-state index in [2.05, 4.69) is 20.5 Å². The van der Waals surface area contributed by atoms with E-state index in [1.807, 2.05) is 57.0 Å². The molecule has 8 nitrogen and oxygen atoms in total. The molecule has 0 bridgehead atoms. The van der Waals surface area contributed by atoms with Crippen molar-refractivity contribution in [3.63, 3.8) is 0 Å². The predicted octanol–water partition coefficient (Wildman–Crippen LogP) is 3.16. The van der Waals surface area contributed by atoms with Gasteiger partial charge in [-0.1, -0.05) is 30.3 Å². The molecule has 2 aromatic heterocycles. The number of nitrogens with zero attached hydrogens (tertiary/aromatic N) is 6. The number of amides is 1. The second kappa shape index (κ2) is 7.18. The lowest BCUT2D eigenvalue weighted by atomic mass is 10.1. The Balaban J connectivity index is 1.46. The molecule has 0 unspecified atom stereocenters. The van der Waals surface area contributed by atoms with Crippen LogP contribution in [-0.4, -0.2) is 49.0 Å². The van der Waals surface area contributed by atoms with E-state index in [1.165, 1.54) is 5.56 Å². The Morgan fingerprint density at radius 1 is 1.25 bits per heavy atom. The first-order valence-electron chi connectivity index (χ1n) is 9.54. The van der Waals surface area contributed by atoms with E-state index >= 15 is 0 Å². The fraction of sp³-hybridized carbons (Fsp3) is 0.450. The molecule has 1 atom stereocenters. The maximum Gasteiger partial charge on any atom is 0.280 e. The van der Waals surface area contributed by atoms with Crippen LogP contribution < -0.4 is 0 Å². The number of hydrogen-bond acceptors (Lipinski definition) is 6. The first-order chi connectivity index (χ1) is 13.4. The lowest BCUT2D eigenvalue weighted by molar-refractivity contribution is 0.0787. The van der Waals surface area contributed by atoms with Gasteiger partial charge in [0.1, 0.15) is 0 Å². The second-order valence-corrected chi connectivity index (χ2v) is 7.69. The Labute approximate surface area is 163 Å². The zero-order valence-corrected chi connectivity index (χ0v) is 16.6. The zero-order chi connectivity index (χ0) is 19.8. The van der Waals surface area contributed by atoms with Crippen molar-refractivity contribution in [2.75, 3.05) is 13.1 Å². The van der Waals surface area contributed by atoms with Crippen molar-refractivity contribution in [1.29, 1.82) is 0 Å². The number of aromatic nitrogens is 5. The highest BCUT2D eigenvalue weighted by Crippen LogP contribution is 2.25. The van der Waals surface area contributed by atoms with Crippen LogP contribution in [0.1, 0.15) is 59.5 Å². The molecule has 1 aliphatic heterocycles. The zero-order valence-electron chi connectivity index (χ0n) is 16.6. The van der Waals surface area contributed by atoms with Gasteiger partial charge in [-0.15, -0.1) is 5.10 Å². The van der Waals surface area contributed by atoms with Crippen LogP contribution in [-0.2, 0) is 0 Å². The summed E-state index contributed by atoms with van der Waals surface area (Å²) < 4.78 is 7.08. The number of benzene rings is 1. The van der Waals surface area contributed by atoms with Crippen molar-refractivity contribution in [2.45, 2.75) is 46.1 Å². The molecule has 1 aliphatic rings. The Bertz CT molecular complexity index is 1010. The number of likely N-dealkylation sites (tertiary alicyclic amines) is 1. The normalized spacial score (nSPS) is 16.9. The molecule has 0 radical (unpaired) electrons. The van der Waals surface area contributed by atoms with Gasteiger partial charge in [0.2, 0.25) is 0 Å². The number of carbonyl (C=O) groups is 1. The van der Waals surface area contributed by atoms with Gasteiger partial charge in [0.25, 0.3) is 11.8 Å². The number of rotatable bonds is 4. The summed E-state index contributed by atoms with van der Waals surface area (Å²) in [6.45, 7) is 9.39. The van der Waals surface area contributed by atoms with Crippen LogP contribution in [0.2, 0.25) is 0 Å². The van der Waals surface area contributed by atoms with Crippen molar-refractivity contribution in [2.24, 2.45) is 0 Å². The van der Waals surface area contributed by atoms with Gasteiger partial charge in [0.15, 0.2) is 11.5 Å².